The number of alkyl halides is 4. The van der Waals surface area contributed by atoms with Gasteiger partial charge in [-0.05, 0) is 29.3 Å². The van der Waals surface area contributed by atoms with Gasteiger partial charge in [0.1, 0.15) is 4.87 Å². The van der Waals surface area contributed by atoms with Crippen molar-refractivity contribution in [1.82, 2.24) is 5.43 Å². The molecule has 2 aromatic rings. The van der Waals surface area contributed by atoms with E-state index in [1.807, 2.05) is 5.43 Å². The minimum absolute atomic E-state index is 0.162. The second-order valence-corrected chi connectivity index (χ2v) is 8.66. The van der Waals surface area contributed by atoms with E-state index in [0.29, 0.717) is 10.5 Å². The van der Waals surface area contributed by atoms with Gasteiger partial charge >= 0.3 is 12.2 Å². The molecule has 2 amide bonds. The summed E-state index contributed by atoms with van der Waals surface area (Å²) in [6.45, 7) is 0. The van der Waals surface area contributed by atoms with Crippen LogP contribution >= 0.6 is 46.6 Å². The van der Waals surface area contributed by atoms with Gasteiger partial charge in [0.05, 0.1) is 10.6 Å². The van der Waals surface area contributed by atoms with Gasteiger partial charge in [-0.2, -0.15) is 18.3 Å². The van der Waals surface area contributed by atoms with Crippen molar-refractivity contribution < 1.29 is 18.0 Å². The Labute approximate surface area is 183 Å². The first kappa shape index (κ1) is 22.1. The third-order valence-corrected chi connectivity index (χ3v) is 6.94. The van der Waals surface area contributed by atoms with Crippen LogP contribution in [0.1, 0.15) is 16.7 Å². The third-order valence-electron chi connectivity index (χ3n) is 4.37. The first-order valence-electron chi connectivity index (χ1n) is 8.11. The zero-order valence-electron chi connectivity index (χ0n) is 14.4. The zero-order valence-corrected chi connectivity index (χ0v) is 17.5. The molecule has 1 aliphatic rings. The lowest BCUT2D eigenvalue weighted by molar-refractivity contribution is -0.138. The standard InChI is InChI=1S/C18H13Cl3F3N3OS/c19-10-5-13-15(14(20)6-10)29-8-9(7-26-27-16(25)28)17(13,21)11-3-1-2-4-12(11)18(22,23)24/h1-7,9H,8H2,(H3,25,27,28). The summed E-state index contributed by atoms with van der Waals surface area (Å²) in [5.74, 6) is -0.486. The van der Waals surface area contributed by atoms with Crippen LogP contribution in [0.25, 0.3) is 0 Å². The molecule has 0 fully saturated rings. The number of benzene rings is 2. The first-order valence-corrected chi connectivity index (χ1v) is 10.2. The maximum atomic E-state index is 13.8. The van der Waals surface area contributed by atoms with Crippen LogP contribution in [0, 0.1) is 5.92 Å². The lowest BCUT2D eigenvalue weighted by atomic mass is 9.78. The zero-order chi connectivity index (χ0) is 21.4. The van der Waals surface area contributed by atoms with Gasteiger partial charge < -0.3 is 5.73 Å². The van der Waals surface area contributed by atoms with Crippen molar-refractivity contribution in [3.63, 3.8) is 0 Å². The summed E-state index contributed by atoms with van der Waals surface area (Å²) in [6, 6.07) is 7.12. The van der Waals surface area contributed by atoms with Crippen molar-refractivity contribution in [1.29, 1.82) is 0 Å². The number of carbonyl (C=O) groups is 1. The van der Waals surface area contributed by atoms with Crippen LogP contribution in [0.5, 0.6) is 0 Å². The second-order valence-electron chi connectivity index (χ2n) is 6.19. The minimum Gasteiger partial charge on any atom is -0.350 e. The molecule has 2 unspecified atom stereocenters. The van der Waals surface area contributed by atoms with Crippen LogP contribution in [0.4, 0.5) is 18.0 Å². The number of thioether (sulfide) groups is 1. The molecule has 2 atom stereocenters. The molecule has 2 aromatic carbocycles. The molecule has 3 rings (SSSR count). The lowest BCUT2D eigenvalue weighted by Crippen LogP contribution is -2.39. The van der Waals surface area contributed by atoms with Crippen molar-refractivity contribution in [2.45, 2.75) is 15.9 Å². The van der Waals surface area contributed by atoms with Gasteiger partial charge in [-0.3, -0.25) is 0 Å². The number of nitrogens with two attached hydrogens (primary N) is 1. The quantitative estimate of drug-likeness (QED) is 0.326. The summed E-state index contributed by atoms with van der Waals surface area (Å²) >= 11 is 20.7. The van der Waals surface area contributed by atoms with Crippen LogP contribution in [0.2, 0.25) is 10.0 Å². The van der Waals surface area contributed by atoms with E-state index in [4.69, 9.17) is 40.5 Å². The molecule has 0 saturated heterocycles. The molecule has 29 heavy (non-hydrogen) atoms. The number of nitrogens with one attached hydrogen (secondary N) is 1. The number of hydrazone groups is 1. The van der Waals surface area contributed by atoms with E-state index in [1.165, 1.54) is 48.3 Å². The number of fused-ring (bicyclic) bond motifs is 1. The highest BCUT2D eigenvalue weighted by atomic mass is 35.5. The van der Waals surface area contributed by atoms with Crippen LogP contribution in [-0.2, 0) is 11.1 Å². The Morgan fingerprint density at radius 3 is 2.62 bits per heavy atom. The molecule has 1 heterocycles. The maximum absolute atomic E-state index is 13.8. The molecule has 11 heteroatoms. The molecule has 0 aliphatic carbocycles. The van der Waals surface area contributed by atoms with Gasteiger partial charge in [-0.15, -0.1) is 23.4 Å². The van der Waals surface area contributed by atoms with E-state index in [-0.39, 0.29) is 21.4 Å². The molecule has 0 aromatic heterocycles. The third kappa shape index (κ3) is 4.30. The predicted octanol–water partition coefficient (Wildman–Crippen LogP) is 5.87. The highest BCUT2D eigenvalue weighted by molar-refractivity contribution is 7.99. The Morgan fingerprint density at radius 1 is 1.28 bits per heavy atom. The summed E-state index contributed by atoms with van der Waals surface area (Å²) < 4.78 is 41.3. The van der Waals surface area contributed by atoms with Gasteiger partial charge in [0, 0.05) is 27.8 Å². The van der Waals surface area contributed by atoms with E-state index < -0.39 is 28.6 Å². The summed E-state index contributed by atoms with van der Waals surface area (Å²) in [6.07, 6.45) is -3.37. The van der Waals surface area contributed by atoms with Crippen LogP contribution in [-0.4, -0.2) is 18.0 Å². The topological polar surface area (TPSA) is 67.5 Å². The van der Waals surface area contributed by atoms with E-state index in [0.717, 1.165) is 6.07 Å². The Morgan fingerprint density at radius 2 is 1.97 bits per heavy atom. The highest BCUT2D eigenvalue weighted by Gasteiger charge is 2.49. The van der Waals surface area contributed by atoms with Crippen LogP contribution in [0.15, 0.2) is 46.4 Å². The fourth-order valence-corrected chi connectivity index (χ4v) is 5.70. The number of urea groups is 1. The number of rotatable bonds is 3. The summed E-state index contributed by atoms with van der Waals surface area (Å²) in [5, 5.41) is 4.25. The smallest absolute Gasteiger partial charge is 0.350 e. The van der Waals surface area contributed by atoms with Crippen molar-refractivity contribution >= 4 is 58.8 Å². The molecular weight excluding hydrogens is 470 g/mol. The van der Waals surface area contributed by atoms with Gasteiger partial charge in [-0.25, -0.2) is 10.2 Å². The van der Waals surface area contributed by atoms with Gasteiger partial charge in [0.25, 0.3) is 0 Å². The van der Waals surface area contributed by atoms with Gasteiger partial charge in [0.15, 0.2) is 0 Å². The second kappa shape index (κ2) is 8.26. The average Bonchev–Trinajstić information content (AvgIpc) is 2.63. The minimum atomic E-state index is -4.64. The Hall–Kier alpha value is -1.61. The lowest BCUT2D eigenvalue weighted by Gasteiger charge is -2.40. The number of halogens is 6. The maximum Gasteiger partial charge on any atom is 0.416 e. The SMILES string of the molecule is NC(=O)NN=CC1CSc2c(Cl)cc(Cl)cc2C1(Cl)c1ccccc1C(F)(F)F. The largest absolute Gasteiger partial charge is 0.416 e. The number of hydrogen-bond acceptors (Lipinski definition) is 3. The molecule has 3 N–H and O–H groups in total. The van der Waals surface area contributed by atoms with Crippen molar-refractivity contribution in [3.8, 4) is 0 Å². The summed E-state index contributed by atoms with van der Waals surface area (Å²) in [7, 11) is 0. The fraction of sp³-hybridized carbons (Fsp3) is 0.222. The normalized spacial score (nSPS) is 21.8. The van der Waals surface area contributed by atoms with E-state index >= 15 is 0 Å². The van der Waals surface area contributed by atoms with Crippen molar-refractivity contribution in [3.05, 3.63) is 63.1 Å². The number of amides is 2. The van der Waals surface area contributed by atoms with E-state index in [9.17, 15) is 18.0 Å². The molecule has 154 valence electrons. The summed E-state index contributed by atoms with van der Waals surface area (Å²) in [5.41, 5.74) is 6.33. The van der Waals surface area contributed by atoms with Gasteiger partial charge in [0.2, 0.25) is 0 Å². The molecule has 0 spiro atoms. The fourth-order valence-electron chi connectivity index (χ4n) is 3.19. The number of nitrogens with zero attached hydrogens (tertiary/aromatic N) is 1. The van der Waals surface area contributed by atoms with Crippen molar-refractivity contribution in [2.24, 2.45) is 16.8 Å². The monoisotopic (exact) mass is 481 g/mol. The number of primary amides is 1. The predicted molar refractivity (Wildman–Crippen MR) is 110 cm³/mol. The molecular formula is C18H13Cl3F3N3OS. The van der Waals surface area contributed by atoms with Crippen LogP contribution in [0.3, 0.4) is 0 Å². The van der Waals surface area contributed by atoms with Crippen molar-refractivity contribution in [2.75, 3.05) is 5.75 Å². The highest BCUT2D eigenvalue weighted by Crippen LogP contribution is 2.56. The molecule has 1 aliphatic heterocycles. The molecule has 0 saturated carbocycles. The van der Waals surface area contributed by atoms with E-state index in [1.54, 1.807) is 0 Å². The Kier molecular flexibility index (Phi) is 6.29. The van der Waals surface area contributed by atoms with Gasteiger partial charge in [-0.1, -0.05) is 41.4 Å². The average molecular weight is 483 g/mol. The van der Waals surface area contributed by atoms with Crippen LogP contribution < -0.4 is 11.2 Å². The van der Waals surface area contributed by atoms with E-state index in [2.05, 4.69) is 5.10 Å². The number of carbonyl (C=O) groups excluding carboxylic acids is 1. The Bertz CT molecular complexity index is 987. The Balaban J connectivity index is 2.28. The first-order chi connectivity index (χ1) is 13.5. The summed E-state index contributed by atoms with van der Waals surface area (Å²) in [4.78, 5) is 9.77. The number of hydrogen-bond donors (Lipinski definition) is 2. The molecule has 0 bridgehead atoms. The molecule has 4 nitrogen and oxygen atoms in total. The molecule has 0 radical (unpaired) electrons.